The summed E-state index contributed by atoms with van der Waals surface area (Å²) in [4.78, 5) is 12.4. The van der Waals surface area contributed by atoms with Crippen molar-refractivity contribution in [2.45, 2.75) is 6.92 Å². The molecular weight excluding hydrogens is 355 g/mol. The van der Waals surface area contributed by atoms with E-state index in [1.807, 2.05) is 43.3 Å². The number of aromatic nitrogens is 3. The minimum Gasteiger partial charge on any atom is -0.322 e. The Morgan fingerprint density at radius 2 is 1.61 bits per heavy atom. The zero-order valence-corrected chi connectivity index (χ0v) is 15.1. The number of carbonyl (C=O) groups is 1. The highest BCUT2D eigenvalue weighted by Gasteiger charge is 2.11. The Kier molecular flexibility index (Phi) is 4.68. The van der Waals surface area contributed by atoms with Crippen LogP contribution in [0, 0.1) is 12.7 Å². The highest BCUT2D eigenvalue weighted by molar-refractivity contribution is 6.04. The van der Waals surface area contributed by atoms with Crippen LogP contribution in [0.1, 0.15) is 15.9 Å². The molecule has 1 N–H and O–H groups in total. The van der Waals surface area contributed by atoms with Gasteiger partial charge in [-0.3, -0.25) is 4.79 Å². The Balaban J connectivity index is 1.55. The van der Waals surface area contributed by atoms with Gasteiger partial charge in [0.05, 0.1) is 17.6 Å². The van der Waals surface area contributed by atoms with E-state index in [9.17, 15) is 9.18 Å². The van der Waals surface area contributed by atoms with Crippen LogP contribution in [0.4, 0.5) is 10.1 Å². The molecule has 1 heterocycles. The largest absolute Gasteiger partial charge is 0.322 e. The molecule has 0 radical (unpaired) electrons. The fourth-order valence-electron chi connectivity index (χ4n) is 2.84. The third-order valence-corrected chi connectivity index (χ3v) is 4.37. The van der Waals surface area contributed by atoms with E-state index in [1.54, 1.807) is 23.0 Å². The molecule has 4 aromatic rings. The Labute approximate surface area is 161 Å². The maximum Gasteiger partial charge on any atom is 0.255 e. The molecular formula is C22H17FN4O. The first-order valence-electron chi connectivity index (χ1n) is 8.75. The van der Waals surface area contributed by atoms with Crippen molar-refractivity contribution in [3.8, 4) is 16.9 Å². The van der Waals surface area contributed by atoms with Crippen LogP contribution in [-0.4, -0.2) is 20.9 Å². The van der Waals surface area contributed by atoms with E-state index in [0.29, 0.717) is 11.3 Å². The predicted molar refractivity (Wildman–Crippen MR) is 106 cm³/mol. The smallest absolute Gasteiger partial charge is 0.255 e. The van der Waals surface area contributed by atoms with Crippen molar-refractivity contribution < 1.29 is 9.18 Å². The van der Waals surface area contributed by atoms with Crippen molar-refractivity contribution >= 4 is 11.6 Å². The van der Waals surface area contributed by atoms with Gasteiger partial charge < -0.3 is 5.32 Å². The fraction of sp³-hybridized carbons (Fsp3) is 0.0455. The second kappa shape index (κ2) is 7.44. The molecule has 3 aromatic carbocycles. The monoisotopic (exact) mass is 372 g/mol. The number of hydrogen-bond acceptors (Lipinski definition) is 3. The number of hydrogen-bond donors (Lipinski definition) is 1. The Morgan fingerprint density at radius 1 is 0.929 bits per heavy atom. The minimum absolute atomic E-state index is 0.268. The number of rotatable bonds is 4. The van der Waals surface area contributed by atoms with Crippen LogP contribution in [0.3, 0.4) is 0 Å². The number of benzene rings is 3. The molecule has 0 aliphatic rings. The number of nitrogens with zero attached hydrogens (tertiary/aromatic N) is 3. The third kappa shape index (κ3) is 3.66. The van der Waals surface area contributed by atoms with Crippen LogP contribution in [0.5, 0.6) is 0 Å². The van der Waals surface area contributed by atoms with Crippen molar-refractivity contribution in [3.05, 3.63) is 95.9 Å². The van der Waals surface area contributed by atoms with Crippen molar-refractivity contribution in [1.29, 1.82) is 0 Å². The zero-order valence-electron chi connectivity index (χ0n) is 15.1. The molecule has 0 atom stereocenters. The van der Waals surface area contributed by atoms with Gasteiger partial charge in [-0.05, 0) is 55.5 Å². The first-order chi connectivity index (χ1) is 13.6. The number of carbonyl (C=O) groups excluding carboxylic acids is 1. The van der Waals surface area contributed by atoms with Gasteiger partial charge in [-0.15, -0.1) is 5.10 Å². The molecule has 0 aliphatic carbocycles. The van der Waals surface area contributed by atoms with Crippen molar-refractivity contribution in [1.82, 2.24) is 15.0 Å². The highest BCUT2D eigenvalue weighted by atomic mass is 19.1. The molecule has 0 saturated heterocycles. The van der Waals surface area contributed by atoms with E-state index in [2.05, 4.69) is 15.6 Å². The summed E-state index contributed by atoms with van der Waals surface area (Å²) in [5.74, 6) is -0.616. The van der Waals surface area contributed by atoms with Crippen LogP contribution < -0.4 is 5.32 Å². The summed E-state index contributed by atoms with van der Waals surface area (Å²) in [5, 5.41) is 10.9. The molecule has 6 heteroatoms. The van der Waals surface area contributed by atoms with Gasteiger partial charge in [-0.1, -0.05) is 35.0 Å². The second-order valence-corrected chi connectivity index (χ2v) is 6.40. The summed E-state index contributed by atoms with van der Waals surface area (Å²) in [5.41, 5.74) is 4.88. The quantitative estimate of drug-likeness (QED) is 0.568. The summed E-state index contributed by atoms with van der Waals surface area (Å²) in [6.45, 7) is 2.04. The van der Waals surface area contributed by atoms with E-state index in [4.69, 9.17) is 0 Å². The molecule has 0 bridgehead atoms. The second-order valence-electron chi connectivity index (χ2n) is 6.40. The Bertz CT molecular complexity index is 1100. The fourth-order valence-corrected chi connectivity index (χ4v) is 2.84. The standard InChI is InChI=1S/C22H17FN4O/c1-15-2-4-16(5-3-15)21-14-24-26-27(21)20-12-6-17(7-13-20)22(28)25-19-10-8-18(23)9-11-19/h2-14H,1H3,(H,25,28). The molecule has 1 amide bonds. The van der Waals surface area contributed by atoms with Crippen LogP contribution in [-0.2, 0) is 0 Å². The lowest BCUT2D eigenvalue weighted by atomic mass is 10.1. The topological polar surface area (TPSA) is 59.8 Å². The normalized spacial score (nSPS) is 10.6. The van der Waals surface area contributed by atoms with Gasteiger partial charge in [-0.2, -0.15) is 0 Å². The molecule has 0 saturated carbocycles. The van der Waals surface area contributed by atoms with Crippen LogP contribution in [0.2, 0.25) is 0 Å². The summed E-state index contributed by atoms with van der Waals surface area (Å²) < 4.78 is 14.7. The number of amides is 1. The molecule has 138 valence electrons. The van der Waals surface area contributed by atoms with Crippen LogP contribution in [0.25, 0.3) is 16.9 Å². The lowest BCUT2D eigenvalue weighted by molar-refractivity contribution is 0.102. The predicted octanol–water partition coefficient (Wildman–Crippen LogP) is 4.63. The van der Waals surface area contributed by atoms with E-state index in [0.717, 1.165) is 16.9 Å². The lowest BCUT2D eigenvalue weighted by Gasteiger charge is -2.09. The maximum absolute atomic E-state index is 13.0. The first-order valence-corrected chi connectivity index (χ1v) is 8.75. The molecule has 1 aromatic heterocycles. The number of anilines is 1. The van der Waals surface area contributed by atoms with Crippen LogP contribution >= 0.6 is 0 Å². The third-order valence-electron chi connectivity index (χ3n) is 4.37. The van der Waals surface area contributed by atoms with E-state index < -0.39 is 0 Å². The maximum atomic E-state index is 13.0. The van der Waals surface area contributed by atoms with E-state index in [1.165, 1.54) is 29.8 Å². The van der Waals surface area contributed by atoms with Gasteiger partial charge in [-0.25, -0.2) is 9.07 Å². The van der Waals surface area contributed by atoms with Gasteiger partial charge in [0.15, 0.2) is 0 Å². The summed E-state index contributed by atoms with van der Waals surface area (Å²) in [6, 6.07) is 20.8. The zero-order chi connectivity index (χ0) is 19.5. The summed E-state index contributed by atoms with van der Waals surface area (Å²) >= 11 is 0. The van der Waals surface area contributed by atoms with Gasteiger partial charge in [0.1, 0.15) is 5.82 Å². The van der Waals surface area contributed by atoms with Gasteiger partial charge >= 0.3 is 0 Å². The Morgan fingerprint density at radius 3 is 2.29 bits per heavy atom. The van der Waals surface area contributed by atoms with E-state index in [-0.39, 0.29) is 11.7 Å². The van der Waals surface area contributed by atoms with Crippen LogP contribution in [0.15, 0.2) is 79.0 Å². The first kappa shape index (κ1) is 17.6. The molecule has 28 heavy (non-hydrogen) atoms. The number of aryl methyl sites for hydroxylation is 1. The SMILES string of the molecule is Cc1ccc(-c2cnnn2-c2ccc(C(=O)Nc3ccc(F)cc3)cc2)cc1. The summed E-state index contributed by atoms with van der Waals surface area (Å²) in [7, 11) is 0. The molecule has 0 fully saturated rings. The van der Waals surface area contributed by atoms with Crippen molar-refractivity contribution in [2.24, 2.45) is 0 Å². The highest BCUT2D eigenvalue weighted by Crippen LogP contribution is 2.22. The lowest BCUT2D eigenvalue weighted by Crippen LogP contribution is -2.12. The minimum atomic E-state index is -0.348. The number of nitrogens with one attached hydrogen (secondary N) is 1. The Hall–Kier alpha value is -3.80. The average Bonchev–Trinajstić information content (AvgIpc) is 3.20. The van der Waals surface area contributed by atoms with Crippen molar-refractivity contribution in [2.75, 3.05) is 5.32 Å². The molecule has 0 aliphatic heterocycles. The molecule has 5 nitrogen and oxygen atoms in total. The van der Waals surface area contributed by atoms with Gasteiger partial charge in [0.2, 0.25) is 0 Å². The molecule has 4 rings (SSSR count). The average molecular weight is 372 g/mol. The van der Waals surface area contributed by atoms with Gasteiger partial charge in [0, 0.05) is 16.8 Å². The summed E-state index contributed by atoms with van der Waals surface area (Å²) in [6.07, 6.45) is 1.71. The molecule has 0 spiro atoms. The van der Waals surface area contributed by atoms with E-state index >= 15 is 0 Å². The van der Waals surface area contributed by atoms with Gasteiger partial charge in [0.25, 0.3) is 5.91 Å². The van der Waals surface area contributed by atoms with Crippen molar-refractivity contribution in [3.63, 3.8) is 0 Å². The number of halogens is 1. The molecule has 0 unspecified atom stereocenters.